The summed E-state index contributed by atoms with van der Waals surface area (Å²) in [6, 6.07) is 6.29. The van der Waals surface area contributed by atoms with Gasteiger partial charge in [0.15, 0.2) is 0 Å². The average Bonchev–Trinajstić information content (AvgIpc) is 2.27. The van der Waals surface area contributed by atoms with Crippen molar-refractivity contribution in [1.82, 2.24) is 0 Å². The van der Waals surface area contributed by atoms with Gasteiger partial charge in [0.05, 0.1) is 5.56 Å². The number of phenols is 1. The lowest BCUT2D eigenvalue weighted by molar-refractivity contribution is 0.471. The molecule has 0 bridgehead atoms. The maximum atomic E-state index is 11.2. The van der Waals surface area contributed by atoms with Gasteiger partial charge in [-0.15, -0.1) is 0 Å². The molecule has 0 aliphatic heterocycles. The molecule has 3 heteroatoms. The van der Waals surface area contributed by atoms with Gasteiger partial charge in [0.25, 0.3) is 0 Å². The molecule has 1 aromatic heterocycles. The number of benzene rings is 1. The normalized spacial score (nSPS) is 11.1. The van der Waals surface area contributed by atoms with Crippen LogP contribution in [0.1, 0.15) is 12.5 Å². The Balaban J connectivity index is 2.74. The molecule has 1 N–H and O–H groups in total. The fourth-order valence-electron chi connectivity index (χ4n) is 1.53. The lowest BCUT2D eigenvalue weighted by Crippen LogP contribution is -1.95. The Labute approximate surface area is 98.3 Å². The highest BCUT2D eigenvalue weighted by Gasteiger charge is 2.06. The monoisotopic (exact) mass is 228 g/mol. The molecule has 0 radical (unpaired) electrons. The van der Waals surface area contributed by atoms with Gasteiger partial charge >= 0.3 is 5.63 Å². The molecule has 0 spiro atoms. The van der Waals surface area contributed by atoms with Crippen LogP contribution in [-0.2, 0) is 0 Å². The van der Waals surface area contributed by atoms with E-state index in [1.165, 1.54) is 6.07 Å². The van der Waals surface area contributed by atoms with Crippen LogP contribution in [0, 0.1) is 0 Å². The Kier molecular flexibility index (Phi) is 2.83. The molecule has 1 aromatic carbocycles. The van der Waals surface area contributed by atoms with Gasteiger partial charge in [-0.1, -0.05) is 18.2 Å². The van der Waals surface area contributed by atoms with Crippen molar-refractivity contribution in [2.24, 2.45) is 0 Å². The number of aromatic hydroxyl groups is 1. The number of hydrogen-bond acceptors (Lipinski definition) is 3. The summed E-state index contributed by atoms with van der Waals surface area (Å²) in [6.07, 6.45) is 3.43. The molecular formula is C14H12O3. The van der Waals surface area contributed by atoms with Crippen molar-refractivity contribution in [1.29, 1.82) is 0 Å². The Morgan fingerprint density at radius 3 is 2.76 bits per heavy atom. The van der Waals surface area contributed by atoms with Gasteiger partial charge in [0.2, 0.25) is 0 Å². The number of fused-ring (bicyclic) bond motifs is 1. The Hall–Kier alpha value is -2.29. The number of phenolic OH excluding ortho intramolecular Hbond substituents is 1. The highest BCUT2D eigenvalue weighted by atomic mass is 16.4. The van der Waals surface area contributed by atoms with E-state index in [4.69, 9.17) is 4.42 Å². The maximum Gasteiger partial charge on any atom is 0.336 e. The van der Waals surface area contributed by atoms with Crippen molar-refractivity contribution >= 4 is 17.0 Å². The number of allylic oxidation sites excluding steroid dienone is 2. The van der Waals surface area contributed by atoms with E-state index in [0.29, 0.717) is 11.1 Å². The van der Waals surface area contributed by atoms with Gasteiger partial charge in [0, 0.05) is 11.5 Å². The van der Waals surface area contributed by atoms with Gasteiger partial charge < -0.3 is 9.52 Å². The van der Waals surface area contributed by atoms with E-state index < -0.39 is 5.63 Å². The van der Waals surface area contributed by atoms with Crippen LogP contribution in [-0.4, -0.2) is 5.11 Å². The van der Waals surface area contributed by atoms with Gasteiger partial charge in [-0.25, -0.2) is 4.79 Å². The first-order valence-electron chi connectivity index (χ1n) is 5.17. The highest BCUT2D eigenvalue weighted by Crippen LogP contribution is 2.27. The molecule has 0 atom stereocenters. The zero-order valence-electron chi connectivity index (χ0n) is 9.43. The van der Waals surface area contributed by atoms with E-state index >= 15 is 0 Å². The first-order chi connectivity index (χ1) is 8.08. The van der Waals surface area contributed by atoms with Crippen LogP contribution in [0.3, 0.4) is 0 Å². The molecule has 2 rings (SSSR count). The molecule has 1 heterocycles. The van der Waals surface area contributed by atoms with Crippen molar-refractivity contribution in [2.75, 3.05) is 0 Å². The lowest BCUT2D eigenvalue weighted by atomic mass is 10.1. The highest BCUT2D eigenvalue weighted by molar-refractivity contribution is 5.88. The SMILES string of the molecule is C=C(C)C=Cc1c(O)ccc2ccc(=O)oc12. The average molecular weight is 228 g/mol. The van der Waals surface area contributed by atoms with Crippen LogP contribution < -0.4 is 5.63 Å². The van der Waals surface area contributed by atoms with Crippen LogP contribution in [0.5, 0.6) is 5.75 Å². The quantitative estimate of drug-likeness (QED) is 0.634. The number of rotatable bonds is 2. The van der Waals surface area contributed by atoms with Crippen LogP contribution >= 0.6 is 0 Å². The lowest BCUT2D eigenvalue weighted by Gasteiger charge is -2.03. The largest absolute Gasteiger partial charge is 0.507 e. The second kappa shape index (κ2) is 4.29. The summed E-state index contributed by atoms with van der Waals surface area (Å²) in [6.45, 7) is 5.58. The van der Waals surface area contributed by atoms with Crippen LogP contribution in [0.15, 0.2) is 51.7 Å². The van der Waals surface area contributed by atoms with Crippen molar-refractivity contribution in [3.8, 4) is 5.75 Å². The minimum Gasteiger partial charge on any atom is -0.507 e. The summed E-state index contributed by atoms with van der Waals surface area (Å²) >= 11 is 0. The summed E-state index contributed by atoms with van der Waals surface area (Å²) in [4.78, 5) is 11.2. The molecular weight excluding hydrogens is 216 g/mol. The zero-order chi connectivity index (χ0) is 12.4. The van der Waals surface area contributed by atoms with Gasteiger partial charge in [-0.05, 0) is 31.2 Å². The Morgan fingerprint density at radius 1 is 1.35 bits per heavy atom. The van der Waals surface area contributed by atoms with Gasteiger partial charge in [-0.3, -0.25) is 0 Å². The molecule has 3 nitrogen and oxygen atoms in total. The smallest absolute Gasteiger partial charge is 0.336 e. The summed E-state index contributed by atoms with van der Waals surface area (Å²) in [7, 11) is 0. The third-order valence-electron chi connectivity index (χ3n) is 2.34. The molecule has 17 heavy (non-hydrogen) atoms. The van der Waals surface area contributed by atoms with E-state index in [9.17, 15) is 9.90 Å². The second-order valence-corrected chi connectivity index (χ2v) is 3.85. The second-order valence-electron chi connectivity index (χ2n) is 3.85. The molecule has 0 amide bonds. The molecule has 0 unspecified atom stereocenters. The molecule has 0 saturated carbocycles. The molecule has 2 aromatic rings. The van der Waals surface area contributed by atoms with Crippen molar-refractivity contribution in [2.45, 2.75) is 6.92 Å². The van der Waals surface area contributed by atoms with Gasteiger partial charge in [-0.2, -0.15) is 0 Å². The third-order valence-corrected chi connectivity index (χ3v) is 2.34. The predicted molar refractivity (Wildman–Crippen MR) is 68.0 cm³/mol. The molecule has 0 saturated heterocycles. The third kappa shape index (κ3) is 2.28. The maximum absolute atomic E-state index is 11.2. The fraction of sp³-hybridized carbons (Fsp3) is 0.0714. The standard InChI is InChI=1S/C14H12O3/c1-9(2)3-6-11-12(15)7-4-10-5-8-13(16)17-14(10)11/h3-8,15H,1H2,2H3. The molecule has 0 aliphatic rings. The first kappa shape index (κ1) is 11.2. The molecule has 86 valence electrons. The van der Waals surface area contributed by atoms with Crippen LogP contribution in [0.2, 0.25) is 0 Å². The zero-order valence-corrected chi connectivity index (χ0v) is 9.43. The molecule has 0 aliphatic carbocycles. The fourth-order valence-corrected chi connectivity index (χ4v) is 1.53. The predicted octanol–water partition coefficient (Wildman–Crippen LogP) is 3.09. The van der Waals surface area contributed by atoms with E-state index in [1.807, 2.05) is 6.92 Å². The van der Waals surface area contributed by atoms with E-state index in [2.05, 4.69) is 6.58 Å². The summed E-state index contributed by atoms with van der Waals surface area (Å²) in [5, 5.41) is 10.5. The Morgan fingerprint density at radius 2 is 2.06 bits per heavy atom. The first-order valence-corrected chi connectivity index (χ1v) is 5.17. The summed E-state index contributed by atoms with van der Waals surface area (Å²) in [5.41, 5.74) is 1.28. The topological polar surface area (TPSA) is 50.4 Å². The van der Waals surface area contributed by atoms with Crippen LogP contribution in [0.4, 0.5) is 0 Å². The summed E-state index contributed by atoms with van der Waals surface area (Å²) in [5.74, 6) is 0.0735. The summed E-state index contributed by atoms with van der Waals surface area (Å²) < 4.78 is 5.11. The van der Waals surface area contributed by atoms with E-state index in [0.717, 1.165) is 11.0 Å². The number of hydrogen-bond donors (Lipinski definition) is 1. The van der Waals surface area contributed by atoms with Crippen molar-refractivity contribution in [3.05, 3.63) is 58.5 Å². The van der Waals surface area contributed by atoms with E-state index in [1.54, 1.807) is 30.4 Å². The molecule has 0 fully saturated rings. The van der Waals surface area contributed by atoms with Gasteiger partial charge in [0.1, 0.15) is 11.3 Å². The van der Waals surface area contributed by atoms with E-state index in [-0.39, 0.29) is 5.75 Å². The van der Waals surface area contributed by atoms with Crippen molar-refractivity contribution < 1.29 is 9.52 Å². The van der Waals surface area contributed by atoms with Crippen molar-refractivity contribution in [3.63, 3.8) is 0 Å². The Bertz CT molecular complexity index is 663. The van der Waals surface area contributed by atoms with Crippen LogP contribution in [0.25, 0.3) is 17.0 Å². The minimum atomic E-state index is -0.437. The minimum absolute atomic E-state index is 0.0735.